The van der Waals surface area contributed by atoms with Gasteiger partial charge in [-0.25, -0.2) is 21.6 Å². The van der Waals surface area contributed by atoms with Gasteiger partial charge in [-0.05, 0) is 36.4 Å². The van der Waals surface area contributed by atoms with E-state index in [-0.39, 0.29) is 27.6 Å². The van der Waals surface area contributed by atoms with Crippen molar-refractivity contribution in [3.8, 4) is 6.07 Å². The number of rotatable bonds is 5. The Morgan fingerprint density at radius 1 is 1.23 bits per heavy atom. The van der Waals surface area contributed by atoms with Crippen LogP contribution in [0, 0.1) is 17.1 Å². The summed E-state index contributed by atoms with van der Waals surface area (Å²) in [6.07, 6.45) is -1.70. The quantitative estimate of drug-likeness (QED) is 0.723. The summed E-state index contributed by atoms with van der Waals surface area (Å²) in [5.41, 5.74) is -0.163. The highest BCUT2D eigenvalue weighted by Crippen LogP contribution is 2.32. The number of hydrogen-bond donors (Lipinski definition) is 1. The summed E-state index contributed by atoms with van der Waals surface area (Å²) in [6.45, 7) is -1.00. The normalized spacial score (nSPS) is 18.8. The van der Waals surface area contributed by atoms with Crippen molar-refractivity contribution in [2.75, 3.05) is 6.54 Å². The molecule has 2 aromatic rings. The van der Waals surface area contributed by atoms with Crippen molar-refractivity contribution in [3.05, 3.63) is 64.4 Å². The molecule has 1 heterocycles. The van der Waals surface area contributed by atoms with Crippen molar-refractivity contribution < 1.29 is 26.4 Å². The number of carbonyl (C=O) groups excluding carboxylic acids is 1. The molecule has 0 spiro atoms. The summed E-state index contributed by atoms with van der Waals surface area (Å²) in [5.74, 6) is -5.10. The van der Waals surface area contributed by atoms with E-state index in [0.29, 0.717) is 4.31 Å². The molecule has 11 heteroatoms. The molecule has 0 bridgehead atoms. The number of carbonyl (C=O) groups is 1. The highest BCUT2D eigenvalue weighted by atomic mass is 35.5. The number of nitriles is 1. The van der Waals surface area contributed by atoms with Crippen LogP contribution in [0.1, 0.15) is 24.0 Å². The first kappa shape index (κ1) is 23.1. The van der Waals surface area contributed by atoms with Crippen molar-refractivity contribution >= 4 is 27.5 Å². The molecule has 0 radical (unpaired) electrons. The molecule has 1 amide bonds. The minimum absolute atomic E-state index is 0.00658. The Hall–Kier alpha value is -2.61. The van der Waals surface area contributed by atoms with Crippen LogP contribution in [0.5, 0.6) is 0 Å². The lowest BCUT2D eigenvalue weighted by Gasteiger charge is -2.30. The number of alkyl halides is 2. The molecule has 0 saturated carbocycles. The van der Waals surface area contributed by atoms with Crippen LogP contribution >= 0.6 is 11.6 Å². The Bertz CT molecular complexity index is 1130. The SMILES string of the molecule is N#Cc1ccc(CN([C@@H]2CC(F)(F)CCNC2=O)S(=O)(=O)c2ccc(Cl)cc2)c(F)c1. The molecule has 2 aromatic carbocycles. The largest absolute Gasteiger partial charge is 0.354 e. The predicted octanol–water partition coefficient (Wildman–Crippen LogP) is 3.46. The minimum atomic E-state index is -4.50. The number of hydrogen-bond acceptors (Lipinski definition) is 4. The van der Waals surface area contributed by atoms with Crippen LogP contribution in [-0.4, -0.2) is 37.1 Å². The highest BCUT2D eigenvalue weighted by molar-refractivity contribution is 7.89. The lowest BCUT2D eigenvalue weighted by molar-refractivity contribution is -0.126. The van der Waals surface area contributed by atoms with Gasteiger partial charge in [-0.2, -0.15) is 9.57 Å². The molecule has 0 aliphatic carbocycles. The first-order chi connectivity index (χ1) is 14.5. The standard InChI is InChI=1S/C20H17ClF3N3O3S/c21-15-3-5-16(6-4-15)31(29,30)27(12-14-2-1-13(11-25)9-17(14)22)18-10-20(23,24)7-8-26-19(18)28/h1-6,9,18H,7-8,10,12H2,(H,26,28)/t18-/m1/s1. The molecule has 1 fully saturated rings. The van der Waals surface area contributed by atoms with E-state index in [2.05, 4.69) is 5.32 Å². The third-order valence-electron chi connectivity index (χ3n) is 4.86. The maximum atomic E-state index is 14.5. The maximum absolute atomic E-state index is 14.5. The van der Waals surface area contributed by atoms with Gasteiger partial charge in [0.1, 0.15) is 11.9 Å². The lowest BCUT2D eigenvalue weighted by Crippen LogP contribution is -2.49. The number of nitrogens with one attached hydrogen (secondary N) is 1. The molecule has 0 unspecified atom stereocenters. The van der Waals surface area contributed by atoms with Gasteiger partial charge >= 0.3 is 0 Å². The molecule has 1 aliphatic rings. The van der Waals surface area contributed by atoms with Crippen LogP contribution in [0.15, 0.2) is 47.4 Å². The Balaban J connectivity index is 2.10. The topological polar surface area (TPSA) is 90.3 Å². The van der Waals surface area contributed by atoms with Crippen LogP contribution in [0.25, 0.3) is 0 Å². The molecule has 164 valence electrons. The third-order valence-corrected chi connectivity index (χ3v) is 6.98. The van der Waals surface area contributed by atoms with Crippen molar-refractivity contribution in [1.82, 2.24) is 9.62 Å². The summed E-state index contributed by atoms with van der Waals surface area (Å²) in [5, 5.41) is 11.4. The number of sulfonamides is 1. The number of halogens is 4. The summed E-state index contributed by atoms with van der Waals surface area (Å²) in [4.78, 5) is 12.3. The Kier molecular flexibility index (Phi) is 6.59. The second kappa shape index (κ2) is 8.86. The molecular formula is C20H17ClF3N3O3S. The van der Waals surface area contributed by atoms with Gasteiger partial charge in [0.05, 0.1) is 16.5 Å². The Labute approximate surface area is 182 Å². The molecule has 31 heavy (non-hydrogen) atoms. The molecule has 0 aromatic heterocycles. The summed E-state index contributed by atoms with van der Waals surface area (Å²) < 4.78 is 70.3. The third kappa shape index (κ3) is 5.18. The van der Waals surface area contributed by atoms with E-state index in [1.165, 1.54) is 36.4 Å². The number of amides is 1. The van der Waals surface area contributed by atoms with Gasteiger partial charge in [-0.15, -0.1) is 0 Å². The molecule has 1 aliphatic heterocycles. The van der Waals surface area contributed by atoms with E-state index in [0.717, 1.165) is 6.07 Å². The molecule has 1 N–H and O–H groups in total. The van der Waals surface area contributed by atoms with Crippen LogP contribution in [0.3, 0.4) is 0 Å². The van der Waals surface area contributed by atoms with Crippen LogP contribution in [0.4, 0.5) is 13.2 Å². The van der Waals surface area contributed by atoms with Crippen molar-refractivity contribution in [2.45, 2.75) is 36.2 Å². The average molecular weight is 472 g/mol. The van der Waals surface area contributed by atoms with Crippen LogP contribution < -0.4 is 5.32 Å². The second-order valence-electron chi connectivity index (χ2n) is 7.04. The van der Waals surface area contributed by atoms with Gasteiger partial charge in [0.25, 0.3) is 5.92 Å². The van der Waals surface area contributed by atoms with E-state index < -0.39 is 53.1 Å². The average Bonchev–Trinajstić information content (AvgIpc) is 2.84. The first-order valence-electron chi connectivity index (χ1n) is 9.15. The first-order valence-corrected chi connectivity index (χ1v) is 11.0. The summed E-state index contributed by atoms with van der Waals surface area (Å²) in [6, 6.07) is 8.30. The Morgan fingerprint density at radius 2 is 1.90 bits per heavy atom. The summed E-state index contributed by atoms with van der Waals surface area (Å²) >= 11 is 5.80. The zero-order valence-corrected chi connectivity index (χ0v) is 17.6. The van der Waals surface area contributed by atoms with Gasteiger partial charge in [0.15, 0.2) is 0 Å². The smallest absolute Gasteiger partial charge is 0.251 e. The van der Waals surface area contributed by atoms with E-state index >= 15 is 0 Å². The van der Waals surface area contributed by atoms with Crippen molar-refractivity contribution in [2.24, 2.45) is 0 Å². The van der Waals surface area contributed by atoms with E-state index in [9.17, 15) is 26.4 Å². The zero-order chi connectivity index (χ0) is 22.8. The van der Waals surface area contributed by atoms with Gasteiger partial charge in [-0.3, -0.25) is 4.79 Å². The number of benzene rings is 2. The van der Waals surface area contributed by atoms with E-state index in [4.69, 9.17) is 16.9 Å². The van der Waals surface area contributed by atoms with Gasteiger partial charge in [-0.1, -0.05) is 17.7 Å². The maximum Gasteiger partial charge on any atom is 0.251 e. The molecule has 1 saturated heterocycles. The molecule has 1 atom stereocenters. The lowest BCUT2D eigenvalue weighted by atomic mass is 10.1. The van der Waals surface area contributed by atoms with Crippen molar-refractivity contribution in [3.63, 3.8) is 0 Å². The Morgan fingerprint density at radius 3 is 2.52 bits per heavy atom. The van der Waals surface area contributed by atoms with Gasteiger partial charge in [0.2, 0.25) is 15.9 Å². The number of nitrogens with zero attached hydrogens (tertiary/aromatic N) is 2. The monoisotopic (exact) mass is 471 g/mol. The fraction of sp³-hybridized carbons (Fsp3) is 0.300. The van der Waals surface area contributed by atoms with Crippen LogP contribution in [-0.2, 0) is 21.4 Å². The molecule has 6 nitrogen and oxygen atoms in total. The predicted molar refractivity (Wildman–Crippen MR) is 106 cm³/mol. The van der Waals surface area contributed by atoms with E-state index in [1.54, 1.807) is 6.07 Å². The fourth-order valence-corrected chi connectivity index (χ4v) is 4.91. The van der Waals surface area contributed by atoms with Crippen LogP contribution in [0.2, 0.25) is 5.02 Å². The van der Waals surface area contributed by atoms with Crippen molar-refractivity contribution in [1.29, 1.82) is 5.26 Å². The molecular weight excluding hydrogens is 455 g/mol. The molecule has 3 rings (SSSR count). The minimum Gasteiger partial charge on any atom is -0.354 e. The second-order valence-corrected chi connectivity index (χ2v) is 9.37. The van der Waals surface area contributed by atoms with E-state index in [1.807, 2.05) is 0 Å². The van der Waals surface area contributed by atoms with Gasteiger partial charge < -0.3 is 5.32 Å². The summed E-state index contributed by atoms with van der Waals surface area (Å²) in [7, 11) is -4.50. The highest BCUT2D eigenvalue weighted by Gasteiger charge is 2.45. The zero-order valence-electron chi connectivity index (χ0n) is 16.0. The van der Waals surface area contributed by atoms with Gasteiger partial charge in [0, 0.05) is 36.5 Å². The fourth-order valence-electron chi connectivity index (χ4n) is 3.21.